The Kier molecular flexibility index (Phi) is 4.06. The van der Waals surface area contributed by atoms with Gasteiger partial charge in [0.2, 0.25) is 5.91 Å². The molecule has 1 aliphatic carbocycles. The van der Waals surface area contributed by atoms with Gasteiger partial charge in [0.25, 0.3) is 0 Å². The predicted octanol–water partition coefficient (Wildman–Crippen LogP) is 3.20. The largest absolute Gasteiger partial charge is 0.358 e. The summed E-state index contributed by atoms with van der Waals surface area (Å²) in [6.07, 6.45) is 4.57. The predicted molar refractivity (Wildman–Crippen MR) is 77.9 cm³/mol. The number of ether oxygens (including phenoxy) is 1. The second-order valence-corrected chi connectivity index (χ2v) is 5.85. The van der Waals surface area contributed by atoms with Gasteiger partial charge in [-0.05, 0) is 25.3 Å². The number of nitrogens with zero attached hydrogens (tertiary/aromatic N) is 1. The van der Waals surface area contributed by atoms with Crippen molar-refractivity contribution in [3.05, 3.63) is 35.9 Å². The second kappa shape index (κ2) is 5.96. The molecular formula is C17H23NO2. The zero-order valence-electron chi connectivity index (χ0n) is 12.1. The third-order valence-corrected chi connectivity index (χ3v) is 4.63. The number of hydrogen-bond acceptors (Lipinski definition) is 2. The van der Waals surface area contributed by atoms with Crippen LogP contribution >= 0.6 is 0 Å². The SMILES string of the molecule is CCO[C@H]1[C@@H]2CCCC[C@@H]2C(=O)N1Cc1ccccc1. The van der Waals surface area contributed by atoms with Crippen LogP contribution in [0.25, 0.3) is 0 Å². The van der Waals surface area contributed by atoms with E-state index in [1.165, 1.54) is 18.4 Å². The summed E-state index contributed by atoms with van der Waals surface area (Å²) in [4.78, 5) is 14.6. The Balaban J connectivity index is 1.81. The third-order valence-electron chi connectivity index (χ3n) is 4.63. The van der Waals surface area contributed by atoms with Gasteiger partial charge in [-0.1, -0.05) is 43.2 Å². The number of carbonyl (C=O) groups is 1. The first-order valence-corrected chi connectivity index (χ1v) is 7.77. The minimum absolute atomic E-state index is 0.0157. The van der Waals surface area contributed by atoms with Crippen LogP contribution in [-0.4, -0.2) is 23.6 Å². The van der Waals surface area contributed by atoms with Gasteiger partial charge in [-0.2, -0.15) is 0 Å². The first-order valence-electron chi connectivity index (χ1n) is 7.77. The summed E-state index contributed by atoms with van der Waals surface area (Å²) in [6, 6.07) is 10.2. The van der Waals surface area contributed by atoms with Gasteiger partial charge in [0, 0.05) is 25.0 Å². The smallest absolute Gasteiger partial charge is 0.228 e. The van der Waals surface area contributed by atoms with Crippen molar-refractivity contribution in [1.82, 2.24) is 4.90 Å². The molecule has 1 heterocycles. The minimum Gasteiger partial charge on any atom is -0.358 e. The van der Waals surface area contributed by atoms with Gasteiger partial charge < -0.3 is 9.64 Å². The van der Waals surface area contributed by atoms with Gasteiger partial charge in [-0.25, -0.2) is 0 Å². The molecule has 0 radical (unpaired) electrons. The van der Waals surface area contributed by atoms with Crippen LogP contribution in [0.15, 0.2) is 30.3 Å². The van der Waals surface area contributed by atoms with E-state index in [1.54, 1.807) is 0 Å². The molecule has 3 atom stereocenters. The summed E-state index contributed by atoms with van der Waals surface area (Å²) < 4.78 is 5.93. The lowest BCUT2D eigenvalue weighted by atomic mass is 9.81. The Morgan fingerprint density at radius 2 is 1.95 bits per heavy atom. The Morgan fingerprint density at radius 1 is 1.20 bits per heavy atom. The lowest BCUT2D eigenvalue weighted by molar-refractivity contribution is -0.139. The number of fused-ring (bicyclic) bond motifs is 1. The van der Waals surface area contributed by atoms with E-state index >= 15 is 0 Å². The van der Waals surface area contributed by atoms with Crippen molar-refractivity contribution >= 4 is 5.91 Å². The summed E-state index contributed by atoms with van der Waals surface area (Å²) in [5.41, 5.74) is 1.18. The molecule has 3 heteroatoms. The Bertz CT molecular complexity index is 459. The molecule has 2 fully saturated rings. The first-order chi connectivity index (χ1) is 9.81. The summed E-state index contributed by atoms with van der Waals surface area (Å²) >= 11 is 0. The van der Waals surface area contributed by atoms with Crippen molar-refractivity contribution in [2.45, 2.75) is 45.4 Å². The van der Waals surface area contributed by atoms with Crippen LogP contribution in [0.2, 0.25) is 0 Å². The van der Waals surface area contributed by atoms with Crippen LogP contribution in [0.5, 0.6) is 0 Å². The normalized spacial score (nSPS) is 29.6. The number of amides is 1. The number of likely N-dealkylation sites (tertiary alicyclic amines) is 1. The standard InChI is InChI=1S/C17H23NO2/c1-2-20-17-15-11-7-6-10-14(15)16(19)18(17)12-13-8-4-3-5-9-13/h3-5,8-9,14-15,17H,2,6-7,10-12H2,1H3/t14-,15+,17-/m0/s1. The summed E-state index contributed by atoms with van der Waals surface area (Å²) in [7, 11) is 0. The van der Waals surface area contributed by atoms with Gasteiger partial charge in [0.1, 0.15) is 6.23 Å². The number of carbonyl (C=O) groups excluding carboxylic acids is 1. The van der Waals surface area contributed by atoms with Crippen molar-refractivity contribution in [3.8, 4) is 0 Å². The van der Waals surface area contributed by atoms with Crippen molar-refractivity contribution in [2.75, 3.05) is 6.61 Å². The number of benzene rings is 1. The molecule has 0 aromatic heterocycles. The van der Waals surface area contributed by atoms with Crippen molar-refractivity contribution < 1.29 is 9.53 Å². The quantitative estimate of drug-likeness (QED) is 0.843. The Morgan fingerprint density at radius 3 is 2.70 bits per heavy atom. The van der Waals surface area contributed by atoms with E-state index in [9.17, 15) is 4.79 Å². The molecular weight excluding hydrogens is 250 g/mol. The fourth-order valence-electron chi connectivity index (χ4n) is 3.71. The molecule has 2 aliphatic rings. The van der Waals surface area contributed by atoms with Crippen molar-refractivity contribution in [2.24, 2.45) is 11.8 Å². The molecule has 1 saturated heterocycles. The highest BCUT2D eigenvalue weighted by molar-refractivity contribution is 5.82. The van der Waals surface area contributed by atoms with Crippen LogP contribution in [0.1, 0.15) is 38.2 Å². The molecule has 1 saturated carbocycles. The molecule has 3 nitrogen and oxygen atoms in total. The van der Waals surface area contributed by atoms with E-state index in [0.717, 1.165) is 12.8 Å². The highest BCUT2D eigenvalue weighted by Crippen LogP contribution is 2.42. The maximum atomic E-state index is 12.7. The topological polar surface area (TPSA) is 29.5 Å². The lowest BCUT2D eigenvalue weighted by Crippen LogP contribution is -2.37. The summed E-state index contributed by atoms with van der Waals surface area (Å²) in [6.45, 7) is 3.37. The molecule has 0 N–H and O–H groups in total. The average molecular weight is 273 g/mol. The van der Waals surface area contributed by atoms with E-state index in [1.807, 2.05) is 30.0 Å². The maximum Gasteiger partial charge on any atom is 0.228 e. The highest BCUT2D eigenvalue weighted by Gasteiger charge is 2.48. The van der Waals surface area contributed by atoms with E-state index in [2.05, 4.69) is 12.1 Å². The van der Waals surface area contributed by atoms with Gasteiger partial charge in [0.05, 0.1) is 0 Å². The number of rotatable bonds is 4. The zero-order valence-corrected chi connectivity index (χ0v) is 12.1. The van der Waals surface area contributed by atoms with Gasteiger partial charge in [-0.3, -0.25) is 4.79 Å². The van der Waals surface area contributed by atoms with Crippen molar-refractivity contribution in [3.63, 3.8) is 0 Å². The van der Waals surface area contributed by atoms with E-state index in [4.69, 9.17) is 4.74 Å². The highest BCUT2D eigenvalue weighted by atomic mass is 16.5. The van der Waals surface area contributed by atoms with E-state index < -0.39 is 0 Å². The Hall–Kier alpha value is -1.35. The molecule has 0 spiro atoms. The van der Waals surface area contributed by atoms with Gasteiger partial charge >= 0.3 is 0 Å². The molecule has 1 aromatic rings. The van der Waals surface area contributed by atoms with E-state index in [0.29, 0.717) is 25.0 Å². The van der Waals surface area contributed by atoms with E-state index in [-0.39, 0.29) is 12.1 Å². The molecule has 20 heavy (non-hydrogen) atoms. The van der Waals surface area contributed by atoms with Crippen LogP contribution in [-0.2, 0) is 16.1 Å². The Labute approximate surface area is 120 Å². The zero-order chi connectivity index (χ0) is 13.9. The monoisotopic (exact) mass is 273 g/mol. The molecule has 0 bridgehead atoms. The second-order valence-electron chi connectivity index (χ2n) is 5.85. The summed E-state index contributed by atoms with van der Waals surface area (Å²) in [5, 5.41) is 0. The first kappa shape index (κ1) is 13.6. The van der Waals surface area contributed by atoms with Gasteiger partial charge in [0.15, 0.2) is 0 Å². The van der Waals surface area contributed by atoms with Crippen molar-refractivity contribution in [1.29, 1.82) is 0 Å². The molecule has 0 unspecified atom stereocenters. The molecule has 3 rings (SSSR count). The summed E-state index contributed by atoms with van der Waals surface area (Å²) in [5.74, 6) is 0.904. The average Bonchev–Trinajstić information content (AvgIpc) is 2.75. The maximum absolute atomic E-state index is 12.7. The third kappa shape index (κ3) is 2.47. The van der Waals surface area contributed by atoms with Crippen LogP contribution in [0, 0.1) is 11.8 Å². The minimum atomic E-state index is -0.0157. The van der Waals surface area contributed by atoms with Crippen LogP contribution in [0.3, 0.4) is 0 Å². The lowest BCUT2D eigenvalue weighted by Gasteiger charge is -2.29. The van der Waals surface area contributed by atoms with Gasteiger partial charge in [-0.15, -0.1) is 0 Å². The molecule has 108 valence electrons. The number of hydrogen-bond donors (Lipinski definition) is 0. The molecule has 1 aliphatic heterocycles. The fraction of sp³-hybridized carbons (Fsp3) is 0.588. The molecule has 1 aromatic carbocycles. The van der Waals surface area contributed by atoms with Crippen LogP contribution < -0.4 is 0 Å². The molecule has 1 amide bonds. The fourth-order valence-corrected chi connectivity index (χ4v) is 3.71. The van der Waals surface area contributed by atoms with Crippen LogP contribution in [0.4, 0.5) is 0 Å².